The Labute approximate surface area is 93.1 Å². The van der Waals surface area contributed by atoms with Gasteiger partial charge in [-0.1, -0.05) is 20.3 Å². The Hall–Kier alpha value is -0.890. The summed E-state index contributed by atoms with van der Waals surface area (Å²) in [6, 6.07) is 4.86. The fourth-order valence-corrected chi connectivity index (χ4v) is 1.77. The van der Waals surface area contributed by atoms with Crippen molar-refractivity contribution >= 4 is 0 Å². The zero-order valence-corrected chi connectivity index (χ0v) is 9.87. The van der Waals surface area contributed by atoms with Gasteiger partial charge in [0.25, 0.3) is 0 Å². The molecule has 0 saturated heterocycles. The van der Waals surface area contributed by atoms with Crippen LogP contribution < -0.4 is 5.32 Å². The molecule has 0 aromatic carbocycles. The molecule has 1 aromatic heterocycles. The third-order valence-corrected chi connectivity index (χ3v) is 2.73. The highest BCUT2D eigenvalue weighted by molar-refractivity contribution is 5.09. The van der Waals surface area contributed by atoms with Gasteiger partial charge < -0.3 is 5.32 Å². The molecular weight excluding hydrogens is 184 g/mol. The number of rotatable bonds is 7. The lowest BCUT2D eigenvalue weighted by Gasteiger charge is -2.15. The summed E-state index contributed by atoms with van der Waals surface area (Å²) >= 11 is 0. The van der Waals surface area contributed by atoms with Gasteiger partial charge in [-0.25, -0.2) is 0 Å². The number of aromatic nitrogens is 1. The van der Waals surface area contributed by atoms with Gasteiger partial charge in [0.15, 0.2) is 0 Å². The second-order valence-corrected chi connectivity index (χ2v) is 3.95. The van der Waals surface area contributed by atoms with Crippen LogP contribution in [0.15, 0.2) is 24.5 Å². The quantitative estimate of drug-likeness (QED) is 0.742. The zero-order valence-electron chi connectivity index (χ0n) is 9.87. The highest BCUT2D eigenvalue weighted by atomic mass is 14.9. The molecule has 0 bridgehead atoms. The lowest BCUT2D eigenvalue weighted by Crippen LogP contribution is -2.30. The normalized spacial score (nSPS) is 12.7. The second-order valence-electron chi connectivity index (χ2n) is 3.95. The van der Waals surface area contributed by atoms with Crippen LogP contribution in [0.5, 0.6) is 0 Å². The van der Waals surface area contributed by atoms with Crippen molar-refractivity contribution in [3.8, 4) is 0 Å². The van der Waals surface area contributed by atoms with E-state index in [1.807, 2.05) is 12.4 Å². The van der Waals surface area contributed by atoms with Crippen LogP contribution in [-0.2, 0) is 6.42 Å². The van der Waals surface area contributed by atoms with E-state index in [4.69, 9.17) is 0 Å². The largest absolute Gasteiger partial charge is 0.314 e. The first-order chi connectivity index (χ1) is 7.36. The van der Waals surface area contributed by atoms with Crippen LogP contribution in [0.2, 0.25) is 0 Å². The Morgan fingerprint density at radius 1 is 1.27 bits per heavy atom. The zero-order chi connectivity index (χ0) is 10.9. The maximum Gasteiger partial charge on any atom is 0.0270 e. The molecule has 2 nitrogen and oxygen atoms in total. The van der Waals surface area contributed by atoms with E-state index < -0.39 is 0 Å². The molecule has 0 amide bonds. The van der Waals surface area contributed by atoms with Crippen LogP contribution in [-0.4, -0.2) is 17.6 Å². The number of nitrogens with one attached hydrogen (secondary N) is 1. The van der Waals surface area contributed by atoms with Crippen molar-refractivity contribution < 1.29 is 0 Å². The van der Waals surface area contributed by atoms with E-state index >= 15 is 0 Å². The Morgan fingerprint density at radius 2 is 2.00 bits per heavy atom. The summed E-state index contributed by atoms with van der Waals surface area (Å²) in [6.45, 7) is 5.56. The highest BCUT2D eigenvalue weighted by Crippen LogP contribution is 2.02. The second kappa shape index (κ2) is 7.41. The van der Waals surface area contributed by atoms with Gasteiger partial charge >= 0.3 is 0 Å². The highest BCUT2D eigenvalue weighted by Gasteiger charge is 2.02. The van der Waals surface area contributed by atoms with E-state index in [0.29, 0.717) is 6.04 Å². The smallest absolute Gasteiger partial charge is 0.0270 e. The molecule has 0 aliphatic rings. The van der Waals surface area contributed by atoms with Gasteiger partial charge in [0.05, 0.1) is 0 Å². The molecule has 0 aliphatic carbocycles. The summed E-state index contributed by atoms with van der Waals surface area (Å²) in [5.74, 6) is 0. The Kier molecular flexibility index (Phi) is 6.02. The van der Waals surface area contributed by atoms with E-state index in [9.17, 15) is 0 Å². The van der Waals surface area contributed by atoms with Gasteiger partial charge in [0.1, 0.15) is 0 Å². The molecule has 2 heteroatoms. The summed E-state index contributed by atoms with van der Waals surface area (Å²) in [7, 11) is 0. The fraction of sp³-hybridized carbons (Fsp3) is 0.615. The van der Waals surface area contributed by atoms with E-state index in [0.717, 1.165) is 13.0 Å². The standard InChI is InChI=1S/C13H22N2/c1-3-5-13(4-2)15-11-8-12-6-9-14-10-7-12/h6-7,9-10,13,15H,3-5,8,11H2,1-2H3. The van der Waals surface area contributed by atoms with Crippen molar-refractivity contribution in [2.75, 3.05) is 6.54 Å². The number of hydrogen-bond donors (Lipinski definition) is 1. The third-order valence-electron chi connectivity index (χ3n) is 2.73. The van der Waals surface area contributed by atoms with Crippen molar-refractivity contribution in [1.82, 2.24) is 10.3 Å². The predicted molar refractivity (Wildman–Crippen MR) is 64.9 cm³/mol. The van der Waals surface area contributed by atoms with Gasteiger partial charge in [-0.2, -0.15) is 0 Å². The van der Waals surface area contributed by atoms with E-state index in [2.05, 4.69) is 36.3 Å². The van der Waals surface area contributed by atoms with Crippen LogP contribution >= 0.6 is 0 Å². The van der Waals surface area contributed by atoms with Crippen molar-refractivity contribution in [2.24, 2.45) is 0 Å². The van der Waals surface area contributed by atoms with E-state index in [1.54, 1.807) is 0 Å². The lowest BCUT2D eigenvalue weighted by atomic mass is 10.1. The first kappa shape index (κ1) is 12.2. The molecule has 0 radical (unpaired) electrons. The van der Waals surface area contributed by atoms with Crippen LogP contribution in [0, 0.1) is 0 Å². The minimum absolute atomic E-state index is 0.692. The minimum Gasteiger partial charge on any atom is -0.314 e. The summed E-state index contributed by atoms with van der Waals surface area (Å²) in [6.07, 6.45) is 8.60. The van der Waals surface area contributed by atoms with Crippen molar-refractivity contribution in [1.29, 1.82) is 0 Å². The van der Waals surface area contributed by atoms with Crippen molar-refractivity contribution in [3.05, 3.63) is 30.1 Å². The molecule has 1 N–H and O–H groups in total. The van der Waals surface area contributed by atoms with Crippen molar-refractivity contribution in [2.45, 2.75) is 45.6 Å². The number of nitrogens with zero attached hydrogens (tertiary/aromatic N) is 1. The van der Waals surface area contributed by atoms with Gasteiger partial charge in [0, 0.05) is 18.4 Å². The van der Waals surface area contributed by atoms with Gasteiger partial charge in [-0.05, 0) is 43.5 Å². The van der Waals surface area contributed by atoms with Crippen LogP contribution in [0.3, 0.4) is 0 Å². The molecule has 84 valence electrons. The number of pyridine rings is 1. The predicted octanol–water partition coefficient (Wildman–Crippen LogP) is 2.79. The molecule has 0 fully saturated rings. The van der Waals surface area contributed by atoms with E-state index in [-0.39, 0.29) is 0 Å². The van der Waals surface area contributed by atoms with Gasteiger partial charge in [-0.15, -0.1) is 0 Å². The van der Waals surface area contributed by atoms with Gasteiger partial charge in [0.2, 0.25) is 0 Å². The van der Waals surface area contributed by atoms with Crippen LogP contribution in [0.4, 0.5) is 0 Å². The first-order valence-corrected chi connectivity index (χ1v) is 5.99. The number of hydrogen-bond acceptors (Lipinski definition) is 2. The molecule has 1 aromatic rings. The summed E-state index contributed by atoms with van der Waals surface area (Å²) < 4.78 is 0. The van der Waals surface area contributed by atoms with Gasteiger partial charge in [-0.3, -0.25) is 4.98 Å². The van der Waals surface area contributed by atoms with Crippen LogP contribution in [0.1, 0.15) is 38.7 Å². The average Bonchev–Trinajstić information content (AvgIpc) is 2.29. The molecule has 1 rings (SSSR count). The molecule has 0 aliphatic heterocycles. The summed E-state index contributed by atoms with van der Waals surface area (Å²) in [5, 5.41) is 3.60. The topological polar surface area (TPSA) is 24.9 Å². The molecule has 0 spiro atoms. The van der Waals surface area contributed by atoms with E-state index in [1.165, 1.54) is 24.8 Å². The minimum atomic E-state index is 0.692. The third kappa shape index (κ3) is 4.93. The first-order valence-electron chi connectivity index (χ1n) is 5.99. The molecular formula is C13H22N2. The monoisotopic (exact) mass is 206 g/mol. The molecule has 1 atom stereocenters. The van der Waals surface area contributed by atoms with Crippen molar-refractivity contribution in [3.63, 3.8) is 0 Å². The molecule has 15 heavy (non-hydrogen) atoms. The Balaban J connectivity index is 2.20. The molecule has 0 saturated carbocycles. The Morgan fingerprint density at radius 3 is 2.60 bits per heavy atom. The summed E-state index contributed by atoms with van der Waals surface area (Å²) in [5.41, 5.74) is 1.36. The molecule has 1 heterocycles. The Bertz CT molecular complexity index is 246. The maximum atomic E-state index is 4.01. The average molecular weight is 206 g/mol. The maximum absolute atomic E-state index is 4.01. The lowest BCUT2D eigenvalue weighted by molar-refractivity contribution is 0.466. The molecule has 1 unspecified atom stereocenters. The fourth-order valence-electron chi connectivity index (χ4n) is 1.77. The SMILES string of the molecule is CCCC(CC)NCCc1ccncc1. The van der Waals surface area contributed by atoms with Crippen LogP contribution in [0.25, 0.3) is 0 Å². The summed E-state index contributed by atoms with van der Waals surface area (Å²) in [4.78, 5) is 4.01.